The Hall–Kier alpha value is -3.90. The van der Waals surface area contributed by atoms with Crippen molar-refractivity contribution in [3.63, 3.8) is 0 Å². The summed E-state index contributed by atoms with van der Waals surface area (Å²) in [6.45, 7) is 4.22. The standard InChI is InChI=1S/C35H41F2N5O4.CH3F/c1-4-23-25(36)11-10-20-16-22(44)17-24(27(20)23)30-29(37)31-28(33(38-30)45-3)32(42-15-6-8-21(43)18-42)40-34(39-31)46-19-35-12-5-9-26(35)41(2)14-7-13-35;1-2/h10-11,16-17,21,26,43-44H,4-9,12-15,18-19H2,1-3H3;1H3. The van der Waals surface area contributed by atoms with E-state index in [-0.39, 0.29) is 45.2 Å². The zero-order valence-corrected chi connectivity index (χ0v) is 28.0. The largest absolute Gasteiger partial charge is 0.508 e. The lowest BCUT2D eigenvalue weighted by atomic mass is 9.76. The van der Waals surface area contributed by atoms with Gasteiger partial charge >= 0.3 is 6.01 Å². The third-order valence-corrected chi connectivity index (χ3v) is 10.4. The molecule has 12 heteroatoms. The Morgan fingerprint density at radius 1 is 1.00 bits per heavy atom. The highest BCUT2D eigenvalue weighted by Crippen LogP contribution is 2.48. The number of likely N-dealkylation sites (tertiary alicyclic amines) is 1. The van der Waals surface area contributed by atoms with E-state index in [4.69, 9.17) is 14.5 Å². The van der Waals surface area contributed by atoms with Gasteiger partial charge in [0, 0.05) is 30.1 Å². The van der Waals surface area contributed by atoms with E-state index in [2.05, 4.69) is 21.9 Å². The summed E-state index contributed by atoms with van der Waals surface area (Å²) in [4.78, 5) is 18.4. The van der Waals surface area contributed by atoms with Gasteiger partial charge in [-0.05, 0) is 93.1 Å². The van der Waals surface area contributed by atoms with Crippen molar-refractivity contribution in [2.24, 2.45) is 5.41 Å². The molecular formula is C36H44F3N5O4. The number of phenolic OH excluding ortho intramolecular Hbond substituents is 1. The van der Waals surface area contributed by atoms with Crippen LogP contribution in [0.4, 0.5) is 19.0 Å². The minimum absolute atomic E-state index is 0.0203. The van der Waals surface area contributed by atoms with E-state index in [0.717, 1.165) is 45.1 Å². The van der Waals surface area contributed by atoms with Crippen LogP contribution in [0.25, 0.3) is 32.9 Å². The number of aromatic nitrogens is 3. The number of benzene rings is 2. The second-order valence-corrected chi connectivity index (χ2v) is 13.2. The third kappa shape index (κ3) is 5.97. The number of rotatable bonds is 7. The van der Waals surface area contributed by atoms with Crippen molar-refractivity contribution in [2.45, 2.75) is 70.4 Å². The van der Waals surface area contributed by atoms with E-state index < -0.39 is 17.7 Å². The first kappa shape index (κ1) is 34.0. The molecule has 7 rings (SSSR count). The number of halogens is 3. The van der Waals surface area contributed by atoms with Crippen LogP contribution in [-0.4, -0.2) is 89.8 Å². The second-order valence-electron chi connectivity index (χ2n) is 13.2. The molecule has 3 aliphatic rings. The number of aliphatic hydroxyl groups excluding tert-OH is 1. The van der Waals surface area contributed by atoms with E-state index in [1.807, 2.05) is 11.8 Å². The van der Waals surface area contributed by atoms with E-state index in [1.165, 1.54) is 25.3 Å². The van der Waals surface area contributed by atoms with Gasteiger partial charge in [0.25, 0.3) is 0 Å². The number of alkyl halides is 1. The molecule has 2 aromatic carbocycles. The van der Waals surface area contributed by atoms with Crippen LogP contribution in [0, 0.1) is 17.0 Å². The number of aliphatic hydroxyl groups is 1. The zero-order chi connectivity index (χ0) is 34.2. The number of methoxy groups -OCH3 is 1. The first-order chi connectivity index (χ1) is 23.2. The number of fused-ring (bicyclic) bond motifs is 3. The lowest BCUT2D eigenvalue weighted by molar-refractivity contribution is 0.0133. The van der Waals surface area contributed by atoms with Crippen LogP contribution in [0.15, 0.2) is 24.3 Å². The average molecular weight is 668 g/mol. The molecule has 258 valence electrons. The maximum Gasteiger partial charge on any atom is 0.319 e. The summed E-state index contributed by atoms with van der Waals surface area (Å²) in [5, 5.41) is 22.5. The summed E-state index contributed by atoms with van der Waals surface area (Å²) in [6.07, 6.45) is 6.63. The van der Waals surface area contributed by atoms with E-state index >= 15 is 8.78 Å². The summed E-state index contributed by atoms with van der Waals surface area (Å²) < 4.78 is 53.7. The van der Waals surface area contributed by atoms with Crippen LogP contribution in [0.2, 0.25) is 0 Å². The van der Waals surface area contributed by atoms with Crippen LogP contribution in [0.5, 0.6) is 17.6 Å². The molecule has 9 nitrogen and oxygen atoms in total. The lowest BCUT2D eigenvalue weighted by Crippen LogP contribution is -2.50. The Kier molecular flexibility index (Phi) is 9.85. The monoisotopic (exact) mass is 667 g/mol. The molecule has 4 aromatic rings. The molecule has 3 atom stereocenters. The molecule has 2 saturated heterocycles. The number of hydrogen-bond acceptors (Lipinski definition) is 9. The number of β-amino-alcohol motifs (C(OH)–C–C–N with tert-alkyl or cyclic N) is 1. The number of phenols is 1. The lowest BCUT2D eigenvalue weighted by Gasteiger charge is -2.44. The van der Waals surface area contributed by atoms with Crippen LogP contribution < -0.4 is 14.4 Å². The van der Waals surface area contributed by atoms with Gasteiger partial charge in [-0.3, -0.25) is 4.39 Å². The van der Waals surface area contributed by atoms with Crippen LogP contribution in [0.1, 0.15) is 57.4 Å². The SMILES string of the molecule is CCc1c(F)ccc2cc(O)cc(-c3nc(OC)c4c(N5CCCC(O)C5)nc(OCC56CCCC5N(C)CCC6)nc4c3F)c12.CF. The fourth-order valence-electron chi connectivity index (χ4n) is 8.29. The van der Waals surface area contributed by atoms with E-state index in [9.17, 15) is 14.6 Å². The van der Waals surface area contributed by atoms with Crippen molar-refractivity contribution in [3.8, 4) is 28.9 Å². The zero-order valence-electron chi connectivity index (χ0n) is 28.0. The summed E-state index contributed by atoms with van der Waals surface area (Å²) >= 11 is 0. The predicted octanol–water partition coefficient (Wildman–Crippen LogP) is 6.59. The molecule has 1 aliphatic carbocycles. The Balaban J connectivity index is 0.00000197. The molecule has 2 N–H and O–H groups in total. The van der Waals surface area contributed by atoms with Gasteiger partial charge in [-0.2, -0.15) is 9.97 Å². The Morgan fingerprint density at radius 2 is 1.79 bits per heavy atom. The van der Waals surface area contributed by atoms with E-state index in [0.29, 0.717) is 67.9 Å². The molecule has 3 unspecified atom stereocenters. The molecular weight excluding hydrogens is 623 g/mol. The number of ether oxygens (including phenoxy) is 2. The predicted molar refractivity (Wildman–Crippen MR) is 180 cm³/mol. The Bertz CT molecular complexity index is 1810. The molecule has 0 bridgehead atoms. The Labute approximate surface area is 278 Å². The van der Waals surface area contributed by atoms with Gasteiger partial charge in [0.15, 0.2) is 5.82 Å². The third-order valence-electron chi connectivity index (χ3n) is 10.4. The van der Waals surface area contributed by atoms with Gasteiger partial charge in [-0.15, -0.1) is 0 Å². The smallest absolute Gasteiger partial charge is 0.319 e. The average Bonchev–Trinajstić information content (AvgIpc) is 3.54. The molecule has 2 aromatic heterocycles. The summed E-state index contributed by atoms with van der Waals surface area (Å²) in [7, 11) is 4.12. The number of anilines is 1. The topological polar surface area (TPSA) is 104 Å². The van der Waals surface area contributed by atoms with Crippen molar-refractivity contribution in [1.29, 1.82) is 0 Å². The van der Waals surface area contributed by atoms with Gasteiger partial charge in [0.2, 0.25) is 5.88 Å². The molecule has 0 radical (unpaired) electrons. The number of piperidine rings is 2. The highest BCUT2D eigenvalue weighted by atomic mass is 19.1. The summed E-state index contributed by atoms with van der Waals surface area (Å²) in [6, 6.07) is 6.31. The van der Waals surface area contributed by atoms with Gasteiger partial charge in [-0.1, -0.05) is 19.4 Å². The molecule has 48 heavy (non-hydrogen) atoms. The minimum Gasteiger partial charge on any atom is -0.508 e. The molecule has 3 fully saturated rings. The number of pyridine rings is 1. The fraction of sp³-hybridized carbons (Fsp3) is 0.528. The normalized spacial score (nSPS) is 22.8. The molecule has 1 saturated carbocycles. The highest BCUT2D eigenvalue weighted by Gasteiger charge is 2.47. The second kappa shape index (κ2) is 13.9. The maximum atomic E-state index is 17.0. The van der Waals surface area contributed by atoms with Crippen molar-refractivity contribution in [3.05, 3.63) is 41.5 Å². The number of aromatic hydroxyl groups is 1. The van der Waals surface area contributed by atoms with Crippen molar-refractivity contribution >= 4 is 27.5 Å². The Morgan fingerprint density at radius 3 is 2.54 bits per heavy atom. The summed E-state index contributed by atoms with van der Waals surface area (Å²) in [5.41, 5.74) is 0.439. The molecule has 4 heterocycles. The van der Waals surface area contributed by atoms with Crippen LogP contribution in [-0.2, 0) is 6.42 Å². The minimum atomic E-state index is -0.755. The van der Waals surface area contributed by atoms with Gasteiger partial charge in [-0.25, -0.2) is 13.8 Å². The number of nitrogens with zero attached hydrogens (tertiary/aromatic N) is 5. The van der Waals surface area contributed by atoms with Gasteiger partial charge in [0.1, 0.15) is 34.0 Å². The van der Waals surface area contributed by atoms with Crippen molar-refractivity contribution in [2.75, 3.05) is 52.5 Å². The molecule has 2 aliphatic heterocycles. The highest BCUT2D eigenvalue weighted by molar-refractivity contribution is 6.03. The van der Waals surface area contributed by atoms with Crippen molar-refractivity contribution in [1.82, 2.24) is 19.9 Å². The number of hydrogen-bond donors (Lipinski definition) is 2. The summed E-state index contributed by atoms with van der Waals surface area (Å²) in [5.74, 6) is -0.807. The molecule has 0 amide bonds. The first-order valence-corrected chi connectivity index (χ1v) is 16.8. The van der Waals surface area contributed by atoms with Gasteiger partial charge in [0.05, 0.1) is 27.0 Å². The van der Waals surface area contributed by atoms with Crippen LogP contribution in [0.3, 0.4) is 0 Å². The quantitative estimate of drug-likeness (QED) is 0.226. The van der Waals surface area contributed by atoms with E-state index in [1.54, 1.807) is 6.07 Å². The van der Waals surface area contributed by atoms with Gasteiger partial charge < -0.3 is 29.5 Å². The maximum absolute atomic E-state index is 17.0. The number of aryl methyl sites for hydroxylation is 1. The fourth-order valence-corrected chi connectivity index (χ4v) is 8.29. The first-order valence-electron chi connectivity index (χ1n) is 16.8. The molecule has 0 spiro atoms. The van der Waals surface area contributed by atoms with Crippen LogP contribution >= 0.6 is 0 Å². The van der Waals surface area contributed by atoms with Crippen molar-refractivity contribution < 1.29 is 32.9 Å².